The average molecular weight is 245 g/mol. The van der Waals surface area contributed by atoms with Crippen molar-refractivity contribution in [1.82, 2.24) is 4.98 Å². The van der Waals surface area contributed by atoms with Crippen LogP contribution in [0.3, 0.4) is 0 Å². The van der Waals surface area contributed by atoms with E-state index in [1.807, 2.05) is 0 Å². The number of halogens is 1. The van der Waals surface area contributed by atoms with Crippen LogP contribution < -0.4 is 0 Å². The predicted octanol–water partition coefficient (Wildman–Crippen LogP) is 1.23. The molecule has 1 rings (SSSR count). The van der Waals surface area contributed by atoms with Gasteiger partial charge in [-0.1, -0.05) is 0 Å². The quantitative estimate of drug-likeness (QED) is 0.751. The van der Waals surface area contributed by atoms with E-state index in [9.17, 15) is 17.6 Å². The number of pyridine rings is 1. The van der Waals surface area contributed by atoms with Gasteiger partial charge in [0, 0.05) is 12.5 Å². The van der Waals surface area contributed by atoms with Crippen molar-refractivity contribution in [3.8, 4) is 0 Å². The zero-order chi connectivity index (χ0) is 12.6. The van der Waals surface area contributed by atoms with E-state index in [0.29, 0.717) is 0 Å². The normalized spacial score (nSPS) is 12.5. The molecule has 0 fully saturated rings. The molecule has 0 radical (unpaired) electrons. The van der Waals surface area contributed by atoms with Gasteiger partial charge in [-0.05, 0) is 19.9 Å². The molecule has 0 atom stereocenters. The maximum Gasteiger partial charge on any atom is 0.186 e. The first-order valence-electron chi connectivity index (χ1n) is 4.52. The Labute approximate surface area is 93.4 Å². The second kappa shape index (κ2) is 3.93. The summed E-state index contributed by atoms with van der Waals surface area (Å²) in [6, 6.07) is 1.17. The number of rotatable bonds is 3. The second-order valence-corrected chi connectivity index (χ2v) is 6.53. The van der Waals surface area contributed by atoms with Crippen LogP contribution in [-0.4, -0.2) is 30.2 Å². The summed E-state index contributed by atoms with van der Waals surface area (Å²) in [5.41, 5.74) is -0.259. The van der Waals surface area contributed by atoms with Crippen LogP contribution in [0.1, 0.15) is 24.2 Å². The van der Waals surface area contributed by atoms with Crippen molar-refractivity contribution >= 4 is 15.6 Å². The lowest BCUT2D eigenvalue weighted by atomic mass is 10.0. The highest BCUT2D eigenvalue weighted by atomic mass is 32.2. The first kappa shape index (κ1) is 12.8. The lowest BCUT2D eigenvalue weighted by Gasteiger charge is -2.20. The summed E-state index contributed by atoms with van der Waals surface area (Å²) in [4.78, 5) is 15.4. The van der Waals surface area contributed by atoms with Crippen molar-refractivity contribution in [3.63, 3.8) is 0 Å². The van der Waals surface area contributed by atoms with Gasteiger partial charge in [-0.15, -0.1) is 0 Å². The van der Waals surface area contributed by atoms with Gasteiger partial charge in [0.25, 0.3) is 0 Å². The second-order valence-electron chi connectivity index (χ2n) is 3.97. The molecule has 1 aromatic rings. The standard InChI is InChI=1S/C10H12FNO3S/c1-10(2,16(3,14)15)9(13)7-4-5-12-6-8(7)11/h4-6H,1-3H3. The van der Waals surface area contributed by atoms with Crippen LogP contribution in [0.25, 0.3) is 0 Å². The molecule has 1 aromatic heterocycles. The van der Waals surface area contributed by atoms with Crippen molar-refractivity contribution < 1.29 is 17.6 Å². The lowest BCUT2D eigenvalue weighted by molar-refractivity contribution is 0.0950. The first-order chi connectivity index (χ1) is 7.18. The molecule has 0 aliphatic rings. The fourth-order valence-electron chi connectivity index (χ4n) is 1.05. The molecule has 0 unspecified atom stereocenters. The Balaban J connectivity index is 3.29. The molecule has 0 aliphatic carbocycles. The van der Waals surface area contributed by atoms with E-state index in [4.69, 9.17) is 0 Å². The third kappa shape index (κ3) is 2.11. The lowest BCUT2D eigenvalue weighted by Crippen LogP contribution is -2.40. The van der Waals surface area contributed by atoms with Crippen molar-refractivity contribution in [2.75, 3.05) is 6.26 Å². The van der Waals surface area contributed by atoms with Gasteiger partial charge in [0.05, 0.1) is 11.8 Å². The van der Waals surface area contributed by atoms with Crippen LogP contribution in [0.5, 0.6) is 0 Å². The highest BCUT2D eigenvalue weighted by Gasteiger charge is 2.39. The monoisotopic (exact) mass is 245 g/mol. The minimum Gasteiger partial charge on any atom is -0.292 e. The van der Waals surface area contributed by atoms with E-state index >= 15 is 0 Å². The highest BCUT2D eigenvalue weighted by molar-refractivity contribution is 7.92. The number of nitrogens with zero attached hydrogens (tertiary/aromatic N) is 1. The summed E-state index contributed by atoms with van der Waals surface area (Å²) in [5, 5.41) is 0. The van der Waals surface area contributed by atoms with Crippen LogP contribution in [0.15, 0.2) is 18.5 Å². The van der Waals surface area contributed by atoms with Crippen molar-refractivity contribution in [2.45, 2.75) is 18.6 Å². The Morgan fingerprint density at radius 2 is 2.00 bits per heavy atom. The molecule has 0 saturated heterocycles. The van der Waals surface area contributed by atoms with Crippen molar-refractivity contribution in [3.05, 3.63) is 29.8 Å². The highest BCUT2D eigenvalue weighted by Crippen LogP contribution is 2.22. The topological polar surface area (TPSA) is 64.1 Å². The Morgan fingerprint density at radius 1 is 1.44 bits per heavy atom. The van der Waals surface area contributed by atoms with E-state index in [1.54, 1.807) is 0 Å². The Kier molecular flexibility index (Phi) is 3.14. The number of sulfone groups is 1. The van der Waals surface area contributed by atoms with Gasteiger partial charge < -0.3 is 0 Å². The number of carbonyl (C=O) groups is 1. The molecular weight excluding hydrogens is 233 g/mol. The molecule has 0 spiro atoms. The van der Waals surface area contributed by atoms with Crippen LogP contribution in [0.4, 0.5) is 4.39 Å². The maximum absolute atomic E-state index is 13.3. The molecule has 1 heterocycles. The van der Waals surface area contributed by atoms with E-state index in [-0.39, 0.29) is 5.56 Å². The number of ketones is 1. The summed E-state index contributed by atoms with van der Waals surface area (Å²) < 4.78 is 34.5. The molecule has 0 N–H and O–H groups in total. The van der Waals surface area contributed by atoms with E-state index < -0.39 is 26.2 Å². The number of carbonyl (C=O) groups excluding carboxylic acids is 1. The summed E-state index contributed by atoms with van der Waals surface area (Å²) in [5.74, 6) is -1.58. The summed E-state index contributed by atoms with van der Waals surface area (Å²) in [6.07, 6.45) is 3.07. The largest absolute Gasteiger partial charge is 0.292 e. The molecule has 16 heavy (non-hydrogen) atoms. The van der Waals surface area contributed by atoms with Crippen LogP contribution in [0.2, 0.25) is 0 Å². The van der Waals surface area contributed by atoms with Crippen LogP contribution >= 0.6 is 0 Å². The third-order valence-corrected chi connectivity index (χ3v) is 4.53. The number of Topliss-reactive ketones (excluding diaryl/α,β-unsaturated/α-hetero) is 1. The minimum absolute atomic E-state index is 0.259. The molecule has 6 heteroatoms. The number of hydrogen-bond acceptors (Lipinski definition) is 4. The predicted molar refractivity (Wildman–Crippen MR) is 57.4 cm³/mol. The Bertz CT molecular complexity index is 523. The van der Waals surface area contributed by atoms with Gasteiger partial charge in [0.2, 0.25) is 0 Å². The SMILES string of the molecule is CC(C)(C(=O)c1ccncc1F)S(C)(=O)=O. The molecule has 0 bridgehead atoms. The smallest absolute Gasteiger partial charge is 0.186 e. The van der Waals surface area contributed by atoms with Gasteiger partial charge in [-0.2, -0.15) is 0 Å². The van der Waals surface area contributed by atoms with E-state index in [1.165, 1.54) is 26.1 Å². The zero-order valence-corrected chi connectivity index (χ0v) is 10.0. The average Bonchev–Trinajstić information content (AvgIpc) is 2.15. The molecule has 0 saturated carbocycles. The van der Waals surface area contributed by atoms with Gasteiger partial charge in [-0.25, -0.2) is 12.8 Å². The zero-order valence-electron chi connectivity index (χ0n) is 9.19. The van der Waals surface area contributed by atoms with Gasteiger partial charge >= 0.3 is 0 Å². The summed E-state index contributed by atoms with van der Waals surface area (Å²) in [7, 11) is -3.60. The molecule has 4 nitrogen and oxygen atoms in total. The fourth-order valence-corrected chi connectivity index (χ4v) is 1.50. The van der Waals surface area contributed by atoms with Gasteiger partial charge in [0.15, 0.2) is 21.4 Å². The molecule has 0 amide bonds. The van der Waals surface area contributed by atoms with Crippen molar-refractivity contribution in [2.24, 2.45) is 0 Å². The number of hydrogen-bond donors (Lipinski definition) is 0. The molecule has 0 aliphatic heterocycles. The van der Waals surface area contributed by atoms with E-state index in [2.05, 4.69) is 4.98 Å². The fraction of sp³-hybridized carbons (Fsp3) is 0.400. The third-order valence-electron chi connectivity index (χ3n) is 2.49. The molecule has 0 aromatic carbocycles. The number of aromatic nitrogens is 1. The molecule has 88 valence electrons. The van der Waals surface area contributed by atoms with Crippen LogP contribution in [-0.2, 0) is 9.84 Å². The maximum atomic E-state index is 13.3. The van der Waals surface area contributed by atoms with Crippen molar-refractivity contribution in [1.29, 1.82) is 0 Å². The molecular formula is C10H12FNO3S. The summed E-state index contributed by atoms with van der Waals surface area (Å²) >= 11 is 0. The van der Waals surface area contributed by atoms with Gasteiger partial charge in [0.1, 0.15) is 4.75 Å². The first-order valence-corrected chi connectivity index (χ1v) is 6.41. The van der Waals surface area contributed by atoms with Gasteiger partial charge in [-0.3, -0.25) is 9.78 Å². The Morgan fingerprint density at radius 3 is 2.44 bits per heavy atom. The summed E-state index contributed by atoms with van der Waals surface area (Å²) in [6.45, 7) is 2.51. The van der Waals surface area contributed by atoms with E-state index in [0.717, 1.165) is 12.5 Å². The Hall–Kier alpha value is -1.30. The minimum atomic E-state index is -3.60. The van der Waals surface area contributed by atoms with Crippen LogP contribution in [0, 0.1) is 5.82 Å².